The van der Waals surface area contributed by atoms with E-state index in [-0.39, 0.29) is 22.8 Å². The third-order valence-corrected chi connectivity index (χ3v) is 5.52. The molecule has 4 aromatic rings. The highest BCUT2D eigenvalue weighted by atomic mass is 35.5. The molecule has 0 unspecified atom stereocenters. The number of alkyl halides is 1. The minimum absolute atomic E-state index is 0.0341. The lowest BCUT2D eigenvalue weighted by Crippen LogP contribution is -2.46. The van der Waals surface area contributed by atoms with Crippen LogP contribution in [0.3, 0.4) is 0 Å². The number of carbonyl (C=O) groups is 1. The summed E-state index contributed by atoms with van der Waals surface area (Å²) in [4.78, 5) is 21.4. The molecule has 2 aromatic heterocycles. The summed E-state index contributed by atoms with van der Waals surface area (Å²) in [5, 5.41) is 20.2. The Morgan fingerprint density at radius 3 is 2.56 bits per heavy atom. The Labute approximate surface area is 198 Å². The second-order valence-electron chi connectivity index (χ2n) is 7.51. The van der Waals surface area contributed by atoms with Gasteiger partial charge in [-0.15, -0.1) is 0 Å². The van der Waals surface area contributed by atoms with E-state index in [9.17, 15) is 18.7 Å². The minimum Gasteiger partial charge on any atom is -0.388 e. The predicted molar refractivity (Wildman–Crippen MR) is 123 cm³/mol. The van der Waals surface area contributed by atoms with Crippen molar-refractivity contribution in [2.75, 3.05) is 6.67 Å². The molecule has 0 spiro atoms. The number of benzene rings is 2. The summed E-state index contributed by atoms with van der Waals surface area (Å²) >= 11 is 6.43. The van der Waals surface area contributed by atoms with E-state index >= 15 is 0 Å². The van der Waals surface area contributed by atoms with Crippen molar-refractivity contribution in [3.8, 4) is 22.5 Å². The Hall–Kier alpha value is -3.69. The Morgan fingerprint density at radius 2 is 1.85 bits per heavy atom. The quantitative estimate of drug-likeness (QED) is 0.351. The van der Waals surface area contributed by atoms with Crippen molar-refractivity contribution < 1.29 is 18.7 Å². The Kier molecular flexibility index (Phi) is 7.24. The van der Waals surface area contributed by atoms with Crippen LogP contribution in [-0.4, -0.2) is 50.0 Å². The summed E-state index contributed by atoms with van der Waals surface area (Å²) in [7, 11) is 0. The number of H-pyrrole nitrogens is 1. The Balaban J connectivity index is 1.63. The van der Waals surface area contributed by atoms with Crippen molar-refractivity contribution in [3.63, 3.8) is 0 Å². The number of aromatic amines is 1. The summed E-state index contributed by atoms with van der Waals surface area (Å²) in [5.74, 6) is -0.580. The van der Waals surface area contributed by atoms with E-state index in [0.717, 1.165) is 0 Å². The zero-order valence-corrected chi connectivity index (χ0v) is 18.5. The first-order chi connectivity index (χ1) is 16.5. The first-order valence-electron chi connectivity index (χ1n) is 10.4. The van der Waals surface area contributed by atoms with Gasteiger partial charge in [-0.2, -0.15) is 5.10 Å². The number of nitrogens with zero attached hydrogens (tertiary/aromatic N) is 3. The fourth-order valence-electron chi connectivity index (χ4n) is 3.47. The first-order valence-corrected chi connectivity index (χ1v) is 10.7. The van der Waals surface area contributed by atoms with E-state index in [1.165, 1.54) is 24.5 Å². The molecule has 2 aromatic carbocycles. The normalized spacial score (nSPS) is 12.8. The lowest BCUT2D eigenvalue weighted by Gasteiger charge is -2.22. The second-order valence-corrected chi connectivity index (χ2v) is 7.91. The molecule has 0 aliphatic heterocycles. The van der Waals surface area contributed by atoms with Crippen LogP contribution in [0.2, 0.25) is 5.02 Å². The van der Waals surface area contributed by atoms with Crippen LogP contribution in [-0.2, 0) is 6.42 Å². The van der Waals surface area contributed by atoms with Crippen molar-refractivity contribution in [2.45, 2.75) is 18.6 Å². The number of rotatable bonds is 8. The number of hydrogen-bond acceptors (Lipinski definition) is 5. The third-order valence-electron chi connectivity index (χ3n) is 5.21. The molecule has 0 saturated heterocycles. The molecule has 2 atom stereocenters. The molecule has 2 heterocycles. The average molecular weight is 484 g/mol. The summed E-state index contributed by atoms with van der Waals surface area (Å²) in [5.41, 5.74) is 2.26. The maximum atomic E-state index is 13.3. The molecule has 0 aliphatic rings. The van der Waals surface area contributed by atoms with E-state index in [1.54, 1.807) is 42.5 Å². The number of nitrogens with one attached hydrogen (secondary N) is 2. The molecule has 34 heavy (non-hydrogen) atoms. The smallest absolute Gasteiger partial charge is 0.252 e. The molecule has 4 rings (SSSR count). The topological polar surface area (TPSA) is 104 Å². The number of amides is 1. The number of aliphatic hydroxyl groups is 1. The van der Waals surface area contributed by atoms with E-state index in [0.29, 0.717) is 28.3 Å². The van der Waals surface area contributed by atoms with Gasteiger partial charge in [0.2, 0.25) is 0 Å². The molecular weight excluding hydrogens is 464 g/mol. The van der Waals surface area contributed by atoms with Crippen LogP contribution in [0.25, 0.3) is 22.5 Å². The van der Waals surface area contributed by atoms with Gasteiger partial charge in [-0.05, 0) is 48.5 Å². The molecule has 0 radical (unpaired) electrons. The van der Waals surface area contributed by atoms with Crippen molar-refractivity contribution in [3.05, 3.63) is 89.2 Å². The van der Waals surface area contributed by atoms with Gasteiger partial charge >= 0.3 is 0 Å². The molecule has 1 amide bonds. The van der Waals surface area contributed by atoms with Crippen LogP contribution in [0.15, 0.2) is 67.0 Å². The number of halogens is 3. The number of aromatic nitrogens is 4. The summed E-state index contributed by atoms with van der Waals surface area (Å²) in [6.07, 6.45) is 1.63. The van der Waals surface area contributed by atoms with Crippen molar-refractivity contribution in [2.24, 2.45) is 0 Å². The van der Waals surface area contributed by atoms with Gasteiger partial charge in [0, 0.05) is 29.9 Å². The molecule has 0 saturated carbocycles. The SMILES string of the molecule is O=C(N[C@H](Cc1ncccn1)[C@@H](O)CF)c1cccc(Cl)c1-c1cc(-c2ccc(F)cc2)n[nH]1. The van der Waals surface area contributed by atoms with Gasteiger partial charge in [0.25, 0.3) is 5.91 Å². The van der Waals surface area contributed by atoms with Crippen molar-refractivity contribution in [1.82, 2.24) is 25.5 Å². The van der Waals surface area contributed by atoms with Gasteiger partial charge in [0.15, 0.2) is 0 Å². The van der Waals surface area contributed by atoms with Gasteiger partial charge in [-0.1, -0.05) is 17.7 Å². The van der Waals surface area contributed by atoms with Crippen LogP contribution >= 0.6 is 11.6 Å². The van der Waals surface area contributed by atoms with Gasteiger partial charge in [-0.3, -0.25) is 9.89 Å². The standard InChI is InChI=1S/C24H20ClF2N5O2/c25-17-4-1-3-16(23(17)20-11-18(31-32-20)14-5-7-15(27)8-6-14)24(34)30-19(21(33)13-26)12-22-28-9-2-10-29-22/h1-11,19,21,33H,12-13H2,(H,30,34)(H,31,32)/t19-,21+/m1/s1. The van der Waals surface area contributed by atoms with Crippen molar-refractivity contribution >= 4 is 17.5 Å². The Bertz CT molecular complexity index is 1270. The fraction of sp³-hybridized carbons (Fsp3) is 0.167. The van der Waals surface area contributed by atoms with E-state index in [1.807, 2.05) is 0 Å². The summed E-state index contributed by atoms with van der Waals surface area (Å²) in [6, 6.07) is 13.0. The fourth-order valence-corrected chi connectivity index (χ4v) is 3.75. The van der Waals surface area contributed by atoms with Crippen LogP contribution in [0.1, 0.15) is 16.2 Å². The maximum Gasteiger partial charge on any atom is 0.252 e. The molecule has 0 bridgehead atoms. The number of carbonyl (C=O) groups excluding carboxylic acids is 1. The van der Waals surface area contributed by atoms with Crippen LogP contribution in [0.4, 0.5) is 8.78 Å². The van der Waals surface area contributed by atoms with Gasteiger partial charge in [-0.25, -0.2) is 18.7 Å². The second kappa shape index (κ2) is 10.5. The predicted octanol–water partition coefficient (Wildman–Crippen LogP) is 4.00. The lowest BCUT2D eigenvalue weighted by atomic mass is 10.0. The van der Waals surface area contributed by atoms with Crippen LogP contribution in [0, 0.1) is 5.82 Å². The summed E-state index contributed by atoms with van der Waals surface area (Å²) < 4.78 is 26.5. The third kappa shape index (κ3) is 5.27. The molecule has 7 nitrogen and oxygen atoms in total. The van der Waals surface area contributed by atoms with Gasteiger partial charge < -0.3 is 10.4 Å². The minimum atomic E-state index is -1.45. The van der Waals surface area contributed by atoms with Gasteiger partial charge in [0.05, 0.1) is 28.0 Å². The van der Waals surface area contributed by atoms with Gasteiger partial charge in [0.1, 0.15) is 24.4 Å². The molecule has 0 fully saturated rings. The molecule has 0 aliphatic carbocycles. The van der Waals surface area contributed by atoms with Crippen molar-refractivity contribution in [1.29, 1.82) is 0 Å². The zero-order chi connectivity index (χ0) is 24.1. The highest BCUT2D eigenvalue weighted by Crippen LogP contribution is 2.32. The summed E-state index contributed by atoms with van der Waals surface area (Å²) in [6.45, 7) is -1.05. The Morgan fingerprint density at radius 1 is 1.12 bits per heavy atom. The largest absolute Gasteiger partial charge is 0.388 e. The average Bonchev–Trinajstić information content (AvgIpc) is 3.33. The molecule has 10 heteroatoms. The van der Waals surface area contributed by atoms with Crippen LogP contribution < -0.4 is 5.32 Å². The maximum absolute atomic E-state index is 13.3. The lowest BCUT2D eigenvalue weighted by molar-refractivity contribution is 0.0759. The number of aliphatic hydroxyl groups excluding tert-OH is 1. The van der Waals surface area contributed by atoms with Crippen LogP contribution in [0.5, 0.6) is 0 Å². The number of hydrogen-bond donors (Lipinski definition) is 3. The van der Waals surface area contributed by atoms with E-state index < -0.39 is 24.7 Å². The molecular formula is C24H20ClF2N5O2. The monoisotopic (exact) mass is 483 g/mol. The zero-order valence-electron chi connectivity index (χ0n) is 17.8. The molecule has 174 valence electrons. The first kappa shape index (κ1) is 23.5. The van der Waals surface area contributed by atoms with E-state index in [2.05, 4.69) is 25.5 Å². The highest BCUT2D eigenvalue weighted by molar-refractivity contribution is 6.34. The highest BCUT2D eigenvalue weighted by Gasteiger charge is 2.26. The van der Waals surface area contributed by atoms with E-state index in [4.69, 9.17) is 11.6 Å². The molecule has 3 N–H and O–H groups in total.